The average molecular weight is 245 g/mol. The molecule has 98 valence electrons. The van der Waals surface area contributed by atoms with Crippen LogP contribution in [0.1, 0.15) is 49.8 Å². The second-order valence-electron chi connectivity index (χ2n) is 6.01. The highest BCUT2D eigenvalue weighted by Gasteiger charge is 2.42. The molecule has 1 saturated carbocycles. The molecule has 1 aromatic carbocycles. The van der Waals surface area contributed by atoms with E-state index in [0.717, 1.165) is 6.54 Å². The largest absolute Gasteiger partial charge is 0.364 e. The molecule has 1 aromatic rings. The van der Waals surface area contributed by atoms with E-state index in [4.69, 9.17) is 4.74 Å². The Bertz CT molecular complexity index is 406. The maximum atomic E-state index is 6.51. The summed E-state index contributed by atoms with van der Waals surface area (Å²) in [7, 11) is 0. The number of aryl methyl sites for hydroxylation is 1. The van der Waals surface area contributed by atoms with Gasteiger partial charge in [-0.05, 0) is 32.3 Å². The topological polar surface area (TPSA) is 21.3 Å². The fourth-order valence-corrected chi connectivity index (χ4v) is 3.29. The van der Waals surface area contributed by atoms with Crippen LogP contribution in [0.3, 0.4) is 0 Å². The van der Waals surface area contributed by atoms with Crippen molar-refractivity contribution >= 4 is 0 Å². The molecule has 1 aliphatic heterocycles. The molecule has 2 fully saturated rings. The van der Waals surface area contributed by atoms with Gasteiger partial charge in [-0.1, -0.05) is 42.7 Å². The Morgan fingerprint density at radius 3 is 2.50 bits per heavy atom. The van der Waals surface area contributed by atoms with Crippen molar-refractivity contribution in [2.75, 3.05) is 6.54 Å². The number of nitrogens with one attached hydrogen (secondary N) is 1. The maximum Gasteiger partial charge on any atom is 0.0983 e. The molecule has 1 aliphatic carbocycles. The molecule has 1 spiro atoms. The van der Waals surface area contributed by atoms with Crippen molar-refractivity contribution < 1.29 is 4.74 Å². The number of rotatable bonds is 1. The van der Waals surface area contributed by atoms with Gasteiger partial charge >= 0.3 is 0 Å². The number of hydrogen-bond acceptors (Lipinski definition) is 2. The molecule has 18 heavy (non-hydrogen) atoms. The van der Waals surface area contributed by atoms with Crippen molar-refractivity contribution in [3.63, 3.8) is 0 Å². The third-order valence-electron chi connectivity index (χ3n) is 4.50. The minimum absolute atomic E-state index is 0.113. The van der Waals surface area contributed by atoms with Crippen molar-refractivity contribution in [3.8, 4) is 0 Å². The smallest absolute Gasteiger partial charge is 0.0983 e. The van der Waals surface area contributed by atoms with Gasteiger partial charge in [-0.3, -0.25) is 0 Å². The van der Waals surface area contributed by atoms with E-state index in [9.17, 15) is 0 Å². The fraction of sp³-hybridized carbons (Fsp3) is 0.625. The van der Waals surface area contributed by atoms with Crippen LogP contribution in [0.25, 0.3) is 0 Å². The Kier molecular flexibility index (Phi) is 3.16. The Balaban J connectivity index is 1.82. The van der Waals surface area contributed by atoms with Crippen molar-refractivity contribution in [3.05, 3.63) is 35.4 Å². The number of morpholine rings is 1. The molecule has 2 aliphatic rings. The average Bonchev–Trinajstić information content (AvgIpc) is 2.82. The van der Waals surface area contributed by atoms with Gasteiger partial charge < -0.3 is 10.1 Å². The van der Waals surface area contributed by atoms with Gasteiger partial charge in [0.25, 0.3) is 0 Å². The van der Waals surface area contributed by atoms with Crippen molar-refractivity contribution in [1.29, 1.82) is 0 Å². The van der Waals surface area contributed by atoms with Gasteiger partial charge in [0.05, 0.1) is 11.7 Å². The van der Waals surface area contributed by atoms with Gasteiger partial charge in [-0.15, -0.1) is 0 Å². The maximum absolute atomic E-state index is 6.51. The predicted octanol–water partition coefficient (Wildman–Crippen LogP) is 3.36. The summed E-state index contributed by atoms with van der Waals surface area (Å²) in [5.41, 5.74) is 2.74. The molecular formula is C16H23NO. The zero-order valence-corrected chi connectivity index (χ0v) is 11.4. The van der Waals surface area contributed by atoms with Crippen LogP contribution in [0.5, 0.6) is 0 Å². The molecule has 2 heteroatoms. The normalized spacial score (nSPS) is 30.8. The van der Waals surface area contributed by atoms with Crippen LogP contribution < -0.4 is 5.32 Å². The Morgan fingerprint density at radius 2 is 1.83 bits per heavy atom. The zero-order chi connectivity index (χ0) is 12.6. The Hall–Kier alpha value is -0.860. The van der Waals surface area contributed by atoms with Crippen LogP contribution in [0.15, 0.2) is 24.3 Å². The van der Waals surface area contributed by atoms with E-state index in [1.165, 1.54) is 36.8 Å². The van der Waals surface area contributed by atoms with Crippen LogP contribution in [0, 0.1) is 6.92 Å². The zero-order valence-electron chi connectivity index (χ0n) is 11.4. The van der Waals surface area contributed by atoms with Crippen molar-refractivity contribution in [1.82, 2.24) is 5.32 Å². The Labute approximate surface area is 110 Å². The van der Waals surface area contributed by atoms with E-state index < -0.39 is 0 Å². The van der Waals surface area contributed by atoms with E-state index in [1.807, 2.05) is 0 Å². The molecule has 2 nitrogen and oxygen atoms in total. The van der Waals surface area contributed by atoms with Crippen LogP contribution in [-0.4, -0.2) is 18.2 Å². The van der Waals surface area contributed by atoms with Crippen molar-refractivity contribution in [2.24, 2.45) is 0 Å². The first-order valence-electron chi connectivity index (χ1n) is 7.16. The standard InChI is InChI=1S/C16H23NO/c1-12-5-7-14(8-6-12)15-13(2)17-11-16(18-15)9-3-4-10-16/h5-8,13,15,17H,3-4,9-11H2,1-2H3. The number of hydrogen-bond donors (Lipinski definition) is 1. The lowest BCUT2D eigenvalue weighted by Crippen LogP contribution is -2.53. The third-order valence-corrected chi connectivity index (χ3v) is 4.50. The van der Waals surface area contributed by atoms with Gasteiger partial charge in [0.2, 0.25) is 0 Å². The summed E-state index contributed by atoms with van der Waals surface area (Å²) < 4.78 is 6.51. The van der Waals surface area contributed by atoms with Gasteiger partial charge in [-0.2, -0.15) is 0 Å². The highest BCUT2D eigenvalue weighted by atomic mass is 16.5. The van der Waals surface area contributed by atoms with E-state index in [2.05, 4.69) is 43.4 Å². The molecule has 0 amide bonds. The molecule has 1 N–H and O–H groups in total. The van der Waals surface area contributed by atoms with Crippen LogP contribution in [0.2, 0.25) is 0 Å². The van der Waals surface area contributed by atoms with Crippen LogP contribution in [-0.2, 0) is 4.74 Å². The SMILES string of the molecule is Cc1ccc(C2OC3(CCCC3)CNC2C)cc1. The summed E-state index contributed by atoms with van der Waals surface area (Å²) in [6, 6.07) is 9.19. The molecule has 3 rings (SSSR count). The predicted molar refractivity (Wildman–Crippen MR) is 73.7 cm³/mol. The third kappa shape index (κ3) is 2.19. The summed E-state index contributed by atoms with van der Waals surface area (Å²) in [5.74, 6) is 0. The van der Waals surface area contributed by atoms with Crippen LogP contribution in [0.4, 0.5) is 0 Å². The molecule has 0 radical (unpaired) electrons. The van der Waals surface area contributed by atoms with Crippen LogP contribution >= 0.6 is 0 Å². The summed E-state index contributed by atoms with van der Waals surface area (Å²) in [6.07, 6.45) is 5.27. The number of ether oxygens (including phenoxy) is 1. The quantitative estimate of drug-likeness (QED) is 0.819. The number of benzene rings is 1. The second kappa shape index (κ2) is 4.67. The first-order chi connectivity index (χ1) is 8.69. The first kappa shape index (κ1) is 12.2. The van der Waals surface area contributed by atoms with Gasteiger partial charge in [0.15, 0.2) is 0 Å². The highest BCUT2D eigenvalue weighted by molar-refractivity contribution is 5.25. The summed E-state index contributed by atoms with van der Waals surface area (Å²) in [4.78, 5) is 0. The molecule has 1 saturated heterocycles. The monoisotopic (exact) mass is 245 g/mol. The van der Waals surface area contributed by atoms with E-state index in [0.29, 0.717) is 6.04 Å². The van der Waals surface area contributed by atoms with Gasteiger partial charge in [-0.25, -0.2) is 0 Å². The molecule has 1 heterocycles. The van der Waals surface area contributed by atoms with Gasteiger partial charge in [0, 0.05) is 12.6 Å². The lowest BCUT2D eigenvalue weighted by molar-refractivity contribution is -0.131. The fourth-order valence-electron chi connectivity index (χ4n) is 3.29. The van der Waals surface area contributed by atoms with Crippen molar-refractivity contribution in [2.45, 2.75) is 57.3 Å². The van der Waals surface area contributed by atoms with E-state index >= 15 is 0 Å². The lowest BCUT2D eigenvalue weighted by atomic mass is 9.93. The minimum Gasteiger partial charge on any atom is -0.364 e. The van der Waals surface area contributed by atoms with E-state index in [1.54, 1.807) is 0 Å². The molecule has 0 bridgehead atoms. The Morgan fingerprint density at radius 1 is 1.17 bits per heavy atom. The highest BCUT2D eigenvalue weighted by Crippen LogP contribution is 2.40. The molecule has 2 atom stereocenters. The first-order valence-corrected chi connectivity index (χ1v) is 7.16. The molecule has 2 unspecified atom stereocenters. The van der Waals surface area contributed by atoms with E-state index in [-0.39, 0.29) is 11.7 Å². The molecular weight excluding hydrogens is 222 g/mol. The summed E-state index contributed by atoms with van der Waals surface area (Å²) >= 11 is 0. The lowest BCUT2D eigenvalue weighted by Gasteiger charge is -2.43. The minimum atomic E-state index is 0.113. The molecule has 0 aromatic heterocycles. The summed E-state index contributed by atoms with van der Waals surface area (Å²) in [5, 5.41) is 3.65. The summed E-state index contributed by atoms with van der Waals surface area (Å²) in [6.45, 7) is 5.38. The van der Waals surface area contributed by atoms with Gasteiger partial charge in [0.1, 0.15) is 0 Å². The second-order valence-corrected chi connectivity index (χ2v) is 6.01.